The molecule has 3 aromatic rings. The molecule has 0 unspecified atom stereocenters. The lowest BCUT2D eigenvalue weighted by atomic mass is 10.0. The molecule has 0 saturated heterocycles. The second-order valence-corrected chi connectivity index (χ2v) is 5.94. The fraction of sp³-hybridized carbons (Fsp3) is 0.182. The third-order valence-corrected chi connectivity index (χ3v) is 4.28. The van der Waals surface area contributed by atoms with Gasteiger partial charge in [0, 0.05) is 12.6 Å². The first-order chi connectivity index (χ1) is 12.7. The number of pyridine rings is 1. The molecule has 0 N–H and O–H groups in total. The minimum Gasteiger partial charge on any atom is -0.481 e. The van der Waals surface area contributed by atoms with E-state index in [1.54, 1.807) is 24.3 Å². The van der Waals surface area contributed by atoms with Gasteiger partial charge < -0.3 is 9.64 Å². The van der Waals surface area contributed by atoms with Crippen molar-refractivity contribution in [1.29, 1.82) is 0 Å². The third-order valence-electron chi connectivity index (χ3n) is 4.28. The topological polar surface area (TPSA) is 42.4 Å². The second kappa shape index (κ2) is 8.30. The quantitative estimate of drug-likeness (QED) is 0.666. The van der Waals surface area contributed by atoms with E-state index in [1.807, 2.05) is 43.3 Å². The molecular weight excluding hydrogens is 324 g/mol. The number of benzene rings is 2. The molecule has 4 heteroatoms. The van der Waals surface area contributed by atoms with Gasteiger partial charge >= 0.3 is 0 Å². The number of hydrogen-bond acceptors (Lipinski definition) is 3. The first-order valence-corrected chi connectivity index (χ1v) is 8.66. The predicted molar refractivity (Wildman–Crippen MR) is 104 cm³/mol. The van der Waals surface area contributed by atoms with Crippen molar-refractivity contribution in [3.8, 4) is 17.0 Å². The van der Waals surface area contributed by atoms with Crippen molar-refractivity contribution in [3.63, 3.8) is 0 Å². The number of methoxy groups -OCH3 is 1. The van der Waals surface area contributed by atoms with Crippen molar-refractivity contribution < 1.29 is 9.53 Å². The average Bonchev–Trinajstić information content (AvgIpc) is 2.70. The van der Waals surface area contributed by atoms with Crippen LogP contribution in [0.15, 0.2) is 72.9 Å². The maximum Gasteiger partial charge on any atom is 0.231 e. The summed E-state index contributed by atoms with van der Waals surface area (Å²) < 4.78 is 5.07. The van der Waals surface area contributed by atoms with Crippen LogP contribution in [0.1, 0.15) is 12.5 Å². The van der Waals surface area contributed by atoms with Crippen LogP contribution < -0.4 is 9.64 Å². The van der Waals surface area contributed by atoms with Crippen molar-refractivity contribution in [3.05, 3.63) is 78.5 Å². The van der Waals surface area contributed by atoms with Crippen molar-refractivity contribution in [1.82, 2.24) is 4.98 Å². The van der Waals surface area contributed by atoms with Gasteiger partial charge in [0.2, 0.25) is 11.8 Å². The SMILES string of the molecule is CCN(C(=O)Cc1ccc(-c2ccccc2)cc1)c1ccc(OC)nc1. The molecule has 0 radical (unpaired) electrons. The number of anilines is 1. The van der Waals surface area contributed by atoms with Gasteiger partial charge in [-0.2, -0.15) is 0 Å². The number of hydrogen-bond donors (Lipinski definition) is 0. The second-order valence-electron chi connectivity index (χ2n) is 5.94. The summed E-state index contributed by atoms with van der Waals surface area (Å²) in [7, 11) is 1.57. The summed E-state index contributed by atoms with van der Waals surface area (Å²) in [6.45, 7) is 2.55. The average molecular weight is 346 g/mol. The summed E-state index contributed by atoms with van der Waals surface area (Å²) in [6.07, 6.45) is 2.02. The molecule has 1 amide bonds. The number of amides is 1. The van der Waals surface area contributed by atoms with Crippen LogP contribution in [0.4, 0.5) is 5.69 Å². The maximum absolute atomic E-state index is 12.7. The van der Waals surface area contributed by atoms with E-state index in [9.17, 15) is 4.79 Å². The lowest BCUT2D eigenvalue weighted by molar-refractivity contribution is -0.117. The summed E-state index contributed by atoms with van der Waals surface area (Å²) in [4.78, 5) is 18.6. The summed E-state index contributed by atoms with van der Waals surface area (Å²) in [5.74, 6) is 0.584. The Hall–Kier alpha value is -3.14. The van der Waals surface area contributed by atoms with Gasteiger partial charge in [0.1, 0.15) is 0 Å². The zero-order valence-electron chi connectivity index (χ0n) is 15.1. The van der Waals surface area contributed by atoms with Gasteiger partial charge in [0.05, 0.1) is 25.4 Å². The lowest BCUT2D eigenvalue weighted by Gasteiger charge is -2.21. The number of rotatable bonds is 6. The fourth-order valence-electron chi connectivity index (χ4n) is 2.87. The molecule has 26 heavy (non-hydrogen) atoms. The molecule has 0 aliphatic rings. The molecule has 0 atom stereocenters. The zero-order valence-corrected chi connectivity index (χ0v) is 15.1. The van der Waals surface area contributed by atoms with Crippen LogP contribution in [0, 0.1) is 0 Å². The van der Waals surface area contributed by atoms with Gasteiger partial charge in [-0.3, -0.25) is 4.79 Å². The molecule has 0 saturated carbocycles. The fourth-order valence-corrected chi connectivity index (χ4v) is 2.87. The number of aromatic nitrogens is 1. The predicted octanol–water partition coefficient (Wildman–Crippen LogP) is 4.35. The van der Waals surface area contributed by atoms with E-state index >= 15 is 0 Å². The molecule has 1 heterocycles. The molecule has 0 spiro atoms. The maximum atomic E-state index is 12.7. The first kappa shape index (κ1) is 17.7. The Morgan fingerprint density at radius 2 is 1.65 bits per heavy atom. The molecule has 0 aliphatic carbocycles. The van der Waals surface area contributed by atoms with E-state index < -0.39 is 0 Å². The van der Waals surface area contributed by atoms with Crippen LogP contribution in [0.25, 0.3) is 11.1 Å². The molecule has 1 aromatic heterocycles. The Labute approximate surface area is 154 Å². The van der Waals surface area contributed by atoms with Gasteiger partial charge in [-0.25, -0.2) is 4.98 Å². The van der Waals surface area contributed by atoms with E-state index in [0.717, 1.165) is 16.8 Å². The molecule has 0 aliphatic heterocycles. The lowest BCUT2D eigenvalue weighted by Crippen LogP contribution is -2.32. The normalized spacial score (nSPS) is 10.4. The first-order valence-electron chi connectivity index (χ1n) is 8.66. The summed E-state index contributed by atoms with van der Waals surface area (Å²) >= 11 is 0. The molecule has 0 bridgehead atoms. The number of nitrogens with zero attached hydrogens (tertiary/aromatic N) is 2. The minimum absolute atomic E-state index is 0.0481. The van der Waals surface area contributed by atoms with Crippen LogP contribution in [0.2, 0.25) is 0 Å². The summed E-state index contributed by atoms with van der Waals surface area (Å²) in [5, 5.41) is 0. The van der Waals surface area contributed by atoms with E-state index in [1.165, 1.54) is 5.56 Å². The molecule has 2 aromatic carbocycles. The van der Waals surface area contributed by atoms with E-state index in [-0.39, 0.29) is 5.91 Å². The highest BCUT2D eigenvalue weighted by atomic mass is 16.5. The van der Waals surface area contributed by atoms with Crippen molar-refractivity contribution in [2.45, 2.75) is 13.3 Å². The van der Waals surface area contributed by atoms with Crippen molar-refractivity contribution in [2.24, 2.45) is 0 Å². The monoisotopic (exact) mass is 346 g/mol. The smallest absolute Gasteiger partial charge is 0.231 e. The van der Waals surface area contributed by atoms with Crippen molar-refractivity contribution in [2.75, 3.05) is 18.6 Å². The molecule has 0 fully saturated rings. The minimum atomic E-state index is 0.0481. The Morgan fingerprint density at radius 3 is 2.23 bits per heavy atom. The largest absolute Gasteiger partial charge is 0.481 e. The van der Waals surface area contributed by atoms with E-state index in [4.69, 9.17) is 4.74 Å². The summed E-state index contributed by atoms with van der Waals surface area (Å²) in [5.41, 5.74) is 4.09. The number of likely N-dealkylation sites (N-methyl/N-ethyl adjacent to an activating group) is 1. The Morgan fingerprint density at radius 1 is 0.962 bits per heavy atom. The molecule has 3 rings (SSSR count). The van der Waals surface area contributed by atoms with Crippen LogP contribution >= 0.6 is 0 Å². The van der Waals surface area contributed by atoms with Gasteiger partial charge in [-0.1, -0.05) is 54.6 Å². The zero-order chi connectivity index (χ0) is 18.4. The van der Waals surface area contributed by atoms with Crippen LogP contribution in [-0.2, 0) is 11.2 Å². The molecular formula is C22H22N2O2. The highest BCUT2D eigenvalue weighted by Gasteiger charge is 2.15. The van der Waals surface area contributed by atoms with Gasteiger partial charge in [0.25, 0.3) is 0 Å². The number of carbonyl (C=O) groups excluding carboxylic acids is 1. The highest BCUT2D eigenvalue weighted by Crippen LogP contribution is 2.21. The van der Waals surface area contributed by atoms with E-state index in [0.29, 0.717) is 18.8 Å². The van der Waals surface area contributed by atoms with Crippen molar-refractivity contribution >= 4 is 11.6 Å². The highest BCUT2D eigenvalue weighted by molar-refractivity contribution is 5.94. The number of ether oxygens (including phenoxy) is 1. The van der Waals surface area contributed by atoms with Crippen LogP contribution in [0.3, 0.4) is 0 Å². The Kier molecular flexibility index (Phi) is 5.64. The standard InChI is InChI=1S/C22H22N2O2/c1-3-24(20-13-14-21(26-2)23-16-20)22(25)15-17-9-11-19(12-10-17)18-7-5-4-6-8-18/h4-14,16H,3,15H2,1-2H3. The van der Waals surface area contributed by atoms with Gasteiger partial charge in [-0.05, 0) is 29.7 Å². The van der Waals surface area contributed by atoms with Crippen LogP contribution in [0.5, 0.6) is 5.88 Å². The van der Waals surface area contributed by atoms with Gasteiger partial charge in [0.15, 0.2) is 0 Å². The Bertz CT molecular complexity index is 844. The van der Waals surface area contributed by atoms with Gasteiger partial charge in [-0.15, -0.1) is 0 Å². The third kappa shape index (κ3) is 4.09. The van der Waals surface area contributed by atoms with Crippen LogP contribution in [-0.4, -0.2) is 24.5 Å². The molecule has 132 valence electrons. The Balaban J connectivity index is 1.71. The summed E-state index contributed by atoms with van der Waals surface area (Å²) in [6, 6.07) is 22.0. The van der Waals surface area contributed by atoms with E-state index in [2.05, 4.69) is 29.2 Å². The molecule has 4 nitrogen and oxygen atoms in total. The number of carbonyl (C=O) groups is 1.